The lowest BCUT2D eigenvalue weighted by molar-refractivity contribution is 0.572. The highest BCUT2D eigenvalue weighted by Crippen LogP contribution is 2.18. The predicted molar refractivity (Wildman–Crippen MR) is 86.7 cm³/mol. The molecule has 0 radical (unpaired) electrons. The van der Waals surface area contributed by atoms with E-state index in [9.17, 15) is 8.42 Å². The van der Waals surface area contributed by atoms with E-state index in [0.717, 1.165) is 24.9 Å². The summed E-state index contributed by atoms with van der Waals surface area (Å²) in [5, 5.41) is 3.40. The molecule has 1 aliphatic carbocycles. The lowest BCUT2D eigenvalue weighted by Gasteiger charge is -2.10. The van der Waals surface area contributed by atoms with Crippen molar-refractivity contribution in [2.75, 3.05) is 12.3 Å². The molecule has 118 valence electrons. The van der Waals surface area contributed by atoms with E-state index in [4.69, 9.17) is 0 Å². The standard InChI is InChI=1S/C16H26N2O2S/c1-2-14-7-3-4-8-15(14)13-18-21(19,20)12-6-5-11-17-16-9-10-16/h3-4,7-8,16-18H,2,5-6,9-13H2,1H3. The SMILES string of the molecule is CCc1ccccc1CNS(=O)(=O)CCCCNC1CC1. The number of sulfonamides is 1. The summed E-state index contributed by atoms with van der Waals surface area (Å²) in [6.07, 6.45) is 5.10. The lowest BCUT2D eigenvalue weighted by Crippen LogP contribution is -2.27. The molecule has 1 aromatic carbocycles. The molecular weight excluding hydrogens is 284 g/mol. The Labute approximate surface area is 128 Å². The van der Waals surface area contributed by atoms with E-state index in [1.165, 1.54) is 18.4 Å². The van der Waals surface area contributed by atoms with Gasteiger partial charge in [-0.1, -0.05) is 31.2 Å². The van der Waals surface area contributed by atoms with Crippen LogP contribution in [0.1, 0.15) is 43.7 Å². The minimum absolute atomic E-state index is 0.216. The van der Waals surface area contributed by atoms with Crippen molar-refractivity contribution >= 4 is 10.0 Å². The number of unbranched alkanes of at least 4 members (excludes halogenated alkanes) is 1. The molecule has 1 fully saturated rings. The summed E-state index contributed by atoms with van der Waals surface area (Å²) in [5.41, 5.74) is 2.27. The average molecular weight is 310 g/mol. The Bertz CT molecular complexity index is 539. The molecule has 0 unspecified atom stereocenters. The molecule has 0 heterocycles. The number of benzene rings is 1. The molecule has 1 aromatic rings. The summed E-state index contributed by atoms with van der Waals surface area (Å²) >= 11 is 0. The van der Waals surface area contributed by atoms with Crippen molar-refractivity contribution in [2.24, 2.45) is 0 Å². The van der Waals surface area contributed by atoms with Crippen LogP contribution in [-0.2, 0) is 23.0 Å². The van der Waals surface area contributed by atoms with Gasteiger partial charge in [-0.25, -0.2) is 13.1 Å². The van der Waals surface area contributed by atoms with Crippen LogP contribution >= 0.6 is 0 Å². The van der Waals surface area contributed by atoms with E-state index in [1.807, 2.05) is 24.3 Å². The molecular formula is C16H26N2O2S. The van der Waals surface area contributed by atoms with Crippen LogP contribution in [-0.4, -0.2) is 26.8 Å². The van der Waals surface area contributed by atoms with Gasteiger partial charge in [0.1, 0.15) is 0 Å². The average Bonchev–Trinajstić information content (AvgIpc) is 3.29. The van der Waals surface area contributed by atoms with Gasteiger partial charge < -0.3 is 5.32 Å². The van der Waals surface area contributed by atoms with E-state index in [0.29, 0.717) is 19.0 Å². The number of rotatable bonds is 10. The number of hydrogen-bond donors (Lipinski definition) is 2. The number of aryl methyl sites for hydroxylation is 1. The van der Waals surface area contributed by atoms with Gasteiger partial charge in [-0.15, -0.1) is 0 Å². The molecule has 5 heteroatoms. The minimum atomic E-state index is -3.17. The van der Waals surface area contributed by atoms with E-state index in [1.54, 1.807) is 0 Å². The molecule has 0 atom stereocenters. The van der Waals surface area contributed by atoms with Crippen LogP contribution in [0, 0.1) is 0 Å². The van der Waals surface area contributed by atoms with Gasteiger partial charge in [0.15, 0.2) is 0 Å². The number of hydrogen-bond acceptors (Lipinski definition) is 3. The second-order valence-electron chi connectivity index (χ2n) is 5.70. The topological polar surface area (TPSA) is 58.2 Å². The fraction of sp³-hybridized carbons (Fsp3) is 0.625. The van der Waals surface area contributed by atoms with E-state index < -0.39 is 10.0 Å². The van der Waals surface area contributed by atoms with Crippen LogP contribution in [0.4, 0.5) is 0 Å². The van der Waals surface area contributed by atoms with Gasteiger partial charge in [0.2, 0.25) is 10.0 Å². The summed E-state index contributed by atoms with van der Waals surface area (Å²) in [7, 11) is -3.17. The Kier molecular flexibility index (Phi) is 6.21. The fourth-order valence-corrected chi connectivity index (χ4v) is 3.45. The van der Waals surface area contributed by atoms with E-state index in [-0.39, 0.29) is 5.75 Å². The molecule has 0 aliphatic heterocycles. The molecule has 0 aromatic heterocycles. The molecule has 0 amide bonds. The molecule has 0 saturated heterocycles. The highest BCUT2D eigenvalue weighted by atomic mass is 32.2. The third kappa shape index (κ3) is 6.16. The van der Waals surface area contributed by atoms with Gasteiger partial charge in [-0.05, 0) is 49.8 Å². The largest absolute Gasteiger partial charge is 0.314 e. The second-order valence-corrected chi connectivity index (χ2v) is 7.62. The zero-order valence-corrected chi connectivity index (χ0v) is 13.6. The highest BCUT2D eigenvalue weighted by molar-refractivity contribution is 7.89. The van der Waals surface area contributed by atoms with Crippen LogP contribution in [0.5, 0.6) is 0 Å². The summed E-state index contributed by atoms with van der Waals surface area (Å²) in [5.74, 6) is 0.216. The second kappa shape index (κ2) is 7.92. The molecule has 4 nitrogen and oxygen atoms in total. The maximum atomic E-state index is 12.0. The Morgan fingerprint density at radius 3 is 2.52 bits per heavy atom. The zero-order chi connectivity index (χ0) is 15.1. The van der Waals surface area contributed by atoms with Crippen molar-refractivity contribution in [2.45, 2.75) is 51.6 Å². The Morgan fingerprint density at radius 1 is 1.14 bits per heavy atom. The first-order chi connectivity index (χ1) is 10.1. The van der Waals surface area contributed by atoms with Crippen molar-refractivity contribution < 1.29 is 8.42 Å². The van der Waals surface area contributed by atoms with E-state index >= 15 is 0 Å². The first-order valence-electron chi connectivity index (χ1n) is 7.88. The first kappa shape index (κ1) is 16.5. The van der Waals surface area contributed by atoms with Gasteiger partial charge in [0.05, 0.1) is 5.75 Å². The van der Waals surface area contributed by atoms with Crippen LogP contribution in [0.3, 0.4) is 0 Å². The minimum Gasteiger partial charge on any atom is -0.314 e. The summed E-state index contributed by atoms with van der Waals surface area (Å²) < 4.78 is 26.7. The van der Waals surface area contributed by atoms with Crippen molar-refractivity contribution in [3.05, 3.63) is 35.4 Å². The maximum Gasteiger partial charge on any atom is 0.211 e. The highest BCUT2D eigenvalue weighted by Gasteiger charge is 2.19. The van der Waals surface area contributed by atoms with Crippen molar-refractivity contribution in [1.82, 2.24) is 10.0 Å². The summed E-state index contributed by atoms with van der Waals surface area (Å²) in [6.45, 7) is 3.41. The van der Waals surface area contributed by atoms with Crippen molar-refractivity contribution in [3.8, 4) is 0 Å². The third-order valence-electron chi connectivity index (χ3n) is 3.83. The number of nitrogens with one attached hydrogen (secondary N) is 2. The van der Waals surface area contributed by atoms with Gasteiger partial charge in [0, 0.05) is 12.6 Å². The van der Waals surface area contributed by atoms with Crippen molar-refractivity contribution in [3.63, 3.8) is 0 Å². The predicted octanol–water partition coefficient (Wildman–Crippen LogP) is 2.20. The van der Waals surface area contributed by atoms with Gasteiger partial charge >= 0.3 is 0 Å². The lowest BCUT2D eigenvalue weighted by atomic mass is 10.1. The van der Waals surface area contributed by atoms with Crippen molar-refractivity contribution in [1.29, 1.82) is 0 Å². The first-order valence-corrected chi connectivity index (χ1v) is 9.53. The summed E-state index contributed by atoms with van der Waals surface area (Å²) in [6, 6.07) is 8.68. The van der Waals surface area contributed by atoms with E-state index in [2.05, 4.69) is 17.0 Å². The molecule has 2 N–H and O–H groups in total. The van der Waals surface area contributed by atoms with Gasteiger partial charge in [-0.2, -0.15) is 0 Å². The Balaban J connectivity index is 1.69. The van der Waals surface area contributed by atoms with Crippen LogP contribution < -0.4 is 10.0 Å². The van der Waals surface area contributed by atoms with Crippen LogP contribution in [0.2, 0.25) is 0 Å². The van der Waals surface area contributed by atoms with Gasteiger partial charge in [-0.3, -0.25) is 0 Å². The fourth-order valence-electron chi connectivity index (χ4n) is 2.35. The normalized spacial score (nSPS) is 15.3. The third-order valence-corrected chi connectivity index (χ3v) is 5.24. The maximum absolute atomic E-state index is 12.0. The Morgan fingerprint density at radius 2 is 1.86 bits per heavy atom. The molecule has 21 heavy (non-hydrogen) atoms. The summed E-state index contributed by atoms with van der Waals surface area (Å²) in [4.78, 5) is 0. The molecule has 0 bridgehead atoms. The van der Waals surface area contributed by atoms with Crippen LogP contribution in [0.15, 0.2) is 24.3 Å². The quantitative estimate of drug-likeness (QED) is 0.651. The Hall–Kier alpha value is -0.910. The molecule has 1 saturated carbocycles. The zero-order valence-electron chi connectivity index (χ0n) is 12.8. The molecule has 1 aliphatic rings. The molecule has 2 rings (SSSR count). The smallest absolute Gasteiger partial charge is 0.211 e. The molecule has 0 spiro atoms. The van der Waals surface area contributed by atoms with Gasteiger partial charge in [0.25, 0.3) is 0 Å². The monoisotopic (exact) mass is 310 g/mol. The van der Waals surface area contributed by atoms with Crippen LogP contribution in [0.25, 0.3) is 0 Å².